The molecule has 13 nitrogen and oxygen atoms in total. The van der Waals surface area contributed by atoms with Gasteiger partial charge in [0.25, 0.3) is 5.91 Å². The summed E-state index contributed by atoms with van der Waals surface area (Å²) in [7, 11) is 0. The molecule has 4 heterocycles. The second kappa shape index (κ2) is 12.0. The van der Waals surface area contributed by atoms with Crippen molar-refractivity contribution >= 4 is 35.5 Å². The van der Waals surface area contributed by atoms with Crippen molar-refractivity contribution < 1.29 is 46.6 Å². The summed E-state index contributed by atoms with van der Waals surface area (Å²) in [6.45, 7) is 6.82. The first kappa shape index (κ1) is 30.7. The number of hydrogen-bond acceptors (Lipinski definition) is 9. The van der Waals surface area contributed by atoms with Gasteiger partial charge in [0.15, 0.2) is 5.82 Å². The van der Waals surface area contributed by atoms with Gasteiger partial charge in [0.2, 0.25) is 0 Å². The SMILES string of the molecule is CCOC(=O)n1nc(NC(=O)c2ccncc2N(C(=O)C(F)(F)F)C2CCOCC2)c2c1CN(C(=O)OC(C)(C)C)C2. The number of aromatic nitrogens is 3. The molecular formula is C26H31F3N6O7. The van der Waals surface area contributed by atoms with Crippen molar-refractivity contribution in [3.05, 3.63) is 35.3 Å². The molecule has 42 heavy (non-hydrogen) atoms. The number of ether oxygens (including phenoxy) is 3. The Labute approximate surface area is 238 Å². The molecule has 0 spiro atoms. The molecule has 2 aliphatic rings. The highest BCUT2D eigenvalue weighted by Gasteiger charge is 2.46. The third-order valence-electron chi connectivity index (χ3n) is 6.43. The molecule has 16 heteroatoms. The fraction of sp³-hybridized carbons (Fsp3) is 0.538. The number of halogens is 3. The van der Waals surface area contributed by atoms with Crippen molar-refractivity contribution in [1.82, 2.24) is 19.7 Å². The van der Waals surface area contributed by atoms with Crippen LogP contribution in [0.1, 0.15) is 62.2 Å². The quantitative estimate of drug-likeness (QED) is 0.544. The van der Waals surface area contributed by atoms with E-state index in [0.29, 0.717) is 10.5 Å². The summed E-state index contributed by atoms with van der Waals surface area (Å²) in [6.07, 6.45) is -4.28. The zero-order valence-electron chi connectivity index (χ0n) is 23.5. The van der Waals surface area contributed by atoms with Gasteiger partial charge in [-0.1, -0.05) is 0 Å². The lowest BCUT2D eigenvalue weighted by molar-refractivity contribution is -0.171. The molecule has 228 valence electrons. The van der Waals surface area contributed by atoms with E-state index in [4.69, 9.17) is 14.2 Å². The third-order valence-corrected chi connectivity index (χ3v) is 6.43. The lowest BCUT2D eigenvalue weighted by Gasteiger charge is -2.35. The number of hydrogen-bond donors (Lipinski definition) is 1. The number of nitrogens with one attached hydrogen (secondary N) is 1. The molecule has 0 atom stereocenters. The molecule has 0 saturated carbocycles. The summed E-state index contributed by atoms with van der Waals surface area (Å²) in [6, 6.07) is 0.286. The van der Waals surface area contributed by atoms with E-state index in [-0.39, 0.29) is 68.5 Å². The van der Waals surface area contributed by atoms with Gasteiger partial charge in [-0.15, -0.1) is 5.10 Å². The first-order chi connectivity index (χ1) is 19.7. The van der Waals surface area contributed by atoms with Crippen LogP contribution in [-0.4, -0.2) is 81.3 Å². The van der Waals surface area contributed by atoms with Gasteiger partial charge in [0, 0.05) is 31.0 Å². The predicted molar refractivity (Wildman–Crippen MR) is 140 cm³/mol. The molecule has 3 amide bonds. The Morgan fingerprint density at radius 1 is 1.12 bits per heavy atom. The summed E-state index contributed by atoms with van der Waals surface area (Å²) in [5.74, 6) is -3.17. The number of carbonyl (C=O) groups is 4. The van der Waals surface area contributed by atoms with E-state index >= 15 is 0 Å². The van der Waals surface area contributed by atoms with Crippen LogP contribution in [0, 0.1) is 0 Å². The lowest BCUT2D eigenvalue weighted by Crippen LogP contribution is -2.50. The van der Waals surface area contributed by atoms with Gasteiger partial charge in [-0.05, 0) is 46.6 Å². The maximum atomic E-state index is 13.7. The number of amides is 3. The fourth-order valence-electron chi connectivity index (χ4n) is 4.63. The van der Waals surface area contributed by atoms with E-state index in [1.807, 2.05) is 0 Å². The molecule has 0 unspecified atom stereocenters. The van der Waals surface area contributed by atoms with E-state index < -0.39 is 41.8 Å². The molecule has 0 aromatic carbocycles. The topological polar surface area (TPSA) is 145 Å². The van der Waals surface area contributed by atoms with Crippen molar-refractivity contribution in [1.29, 1.82) is 0 Å². The van der Waals surface area contributed by atoms with Crippen molar-refractivity contribution in [2.45, 2.75) is 71.4 Å². The molecule has 0 aliphatic carbocycles. The number of pyridine rings is 1. The molecule has 2 aromatic rings. The Kier molecular flexibility index (Phi) is 8.75. The molecule has 0 bridgehead atoms. The summed E-state index contributed by atoms with van der Waals surface area (Å²) < 4.78 is 57.6. The number of fused-ring (bicyclic) bond motifs is 1. The molecule has 1 N–H and O–H groups in total. The normalized spacial score (nSPS) is 15.6. The first-order valence-electron chi connectivity index (χ1n) is 13.2. The number of nitrogens with zero attached hydrogens (tertiary/aromatic N) is 5. The van der Waals surface area contributed by atoms with Gasteiger partial charge in [-0.25, -0.2) is 9.59 Å². The molecular weight excluding hydrogens is 565 g/mol. The highest BCUT2D eigenvalue weighted by atomic mass is 19.4. The second-order valence-corrected chi connectivity index (χ2v) is 10.6. The fourth-order valence-corrected chi connectivity index (χ4v) is 4.63. The molecule has 2 aliphatic heterocycles. The number of anilines is 2. The molecule has 1 fully saturated rings. The minimum Gasteiger partial charge on any atom is -0.448 e. The van der Waals surface area contributed by atoms with Crippen LogP contribution in [-0.2, 0) is 32.1 Å². The Morgan fingerprint density at radius 2 is 1.81 bits per heavy atom. The number of carbonyl (C=O) groups excluding carboxylic acids is 4. The Bertz CT molecular complexity index is 1370. The highest BCUT2D eigenvalue weighted by Crippen LogP contribution is 2.34. The van der Waals surface area contributed by atoms with E-state index in [0.717, 1.165) is 10.9 Å². The molecule has 0 radical (unpaired) electrons. The van der Waals surface area contributed by atoms with Crippen LogP contribution in [0.3, 0.4) is 0 Å². The van der Waals surface area contributed by atoms with Crippen LogP contribution in [0.4, 0.5) is 34.3 Å². The van der Waals surface area contributed by atoms with Crippen LogP contribution in [0.15, 0.2) is 18.5 Å². The monoisotopic (exact) mass is 596 g/mol. The van der Waals surface area contributed by atoms with Crippen LogP contribution < -0.4 is 10.2 Å². The lowest BCUT2D eigenvalue weighted by atomic mass is 10.0. The molecule has 4 rings (SSSR count). The first-order valence-corrected chi connectivity index (χ1v) is 13.2. The van der Waals surface area contributed by atoms with Crippen LogP contribution in [0.25, 0.3) is 0 Å². The van der Waals surface area contributed by atoms with Crippen molar-refractivity contribution in [2.24, 2.45) is 0 Å². The van der Waals surface area contributed by atoms with Crippen molar-refractivity contribution in [3.8, 4) is 0 Å². The van der Waals surface area contributed by atoms with Gasteiger partial charge < -0.3 is 19.5 Å². The maximum Gasteiger partial charge on any atom is 0.471 e. The molecule has 2 aromatic heterocycles. The minimum absolute atomic E-state index is 0.0284. The van der Waals surface area contributed by atoms with E-state index in [1.54, 1.807) is 27.7 Å². The van der Waals surface area contributed by atoms with Crippen LogP contribution in [0.5, 0.6) is 0 Å². The van der Waals surface area contributed by atoms with Gasteiger partial charge in [-0.2, -0.15) is 17.9 Å². The predicted octanol–water partition coefficient (Wildman–Crippen LogP) is 3.86. The Morgan fingerprint density at radius 3 is 2.43 bits per heavy atom. The summed E-state index contributed by atoms with van der Waals surface area (Å²) in [4.78, 5) is 57.2. The van der Waals surface area contributed by atoms with Crippen LogP contribution >= 0.6 is 0 Å². The van der Waals surface area contributed by atoms with Gasteiger partial charge in [-0.3, -0.25) is 24.4 Å². The summed E-state index contributed by atoms with van der Waals surface area (Å²) >= 11 is 0. The summed E-state index contributed by atoms with van der Waals surface area (Å²) in [5.41, 5.74) is -0.847. The smallest absolute Gasteiger partial charge is 0.448 e. The van der Waals surface area contributed by atoms with E-state index in [9.17, 15) is 32.3 Å². The standard InChI is InChI=1S/C26H31F3N6O7/c1-5-41-24(39)35-19-14-33(23(38)42-25(2,3)4)13-17(19)20(32-35)31-21(36)16-6-9-30-12-18(16)34(22(37)26(27,28)29)15-7-10-40-11-8-15/h6,9,12,15H,5,7-8,10-11,13-14H2,1-4H3,(H,31,32,36). The maximum absolute atomic E-state index is 13.7. The number of rotatable bonds is 5. The zero-order valence-corrected chi connectivity index (χ0v) is 23.5. The van der Waals surface area contributed by atoms with E-state index in [1.165, 1.54) is 17.2 Å². The number of alkyl halides is 3. The summed E-state index contributed by atoms with van der Waals surface area (Å²) in [5, 5.41) is 6.69. The average molecular weight is 597 g/mol. The molecule has 1 saturated heterocycles. The van der Waals surface area contributed by atoms with Crippen molar-refractivity contribution in [3.63, 3.8) is 0 Å². The van der Waals surface area contributed by atoms with Gasteiger partial charge in [0.1, 0.15) is 5.60 Å². The van der Waals surface area contributed by atoms with Gasteiger partial charge in [0.05, 0.1) is 42.8 Å². The Balaban J connectivity index is 1.68. The third kappa shape index (κ3) is 6.64. The van der Waals surface area contributed by atoms with E-state index in [2.05, 4.69) is 15.4 Å². The largest absolute Gasteiger partial charge is 0.471 e. The minimum atomic E-state index is -5.22. The van der Waals surface area contributed by atoms with Crippen molar-refractivity contribution in [2.75, 3.05) is 30.0 Å². The van der Waals surface area contributed by atoms with Crippen LogP contribution in [0.2, 0.25) is 0 Å². The average Bonchev–Trinajstić information content (AvgIpc) is 3.49. The zero-order chi connectivity index (χ0) is 30.8. The Hall–Kier alpha value is -4.21. The van der Waals surface area contributed by atoms with Gasteiger partial charge >= 0.3 is 24.3 Å². The highest BCUT2D eigenvalue weighted by molar-refractivity contribution is 6.11. The second-order valence-electron chi connectivity index (χ2n) is 10.6.